The summed E-state index contributed by atoms with van der Waals surface area (Å²) in [5, 5.41) is 6.50. The van der Waals surface area contributed by atoms with Gasteiger partial charge >= 0.3 is 0 Å². The lowest BCUT2D eigenvalue weighted by Crippen LogP contribution is -2.45. The number of halogens is 1. The molecule has 0 aromatic heterocycles. The first kappa shape index (κ1) is 16.5. The van der Waals surface area contributed by atoms with Gasteiger partial charge in [-0.1, -0.05) is 25.5 Å². The highest BCUT2D eigenvalue weighted by atomic mass is 79.9. The molecule has 1 aliphatic heterocycles. The average molecular weight is 354 g/mol. The van der Waals surface area contributed by atoms with Crippen molar-refractivity contribution in [2.75, 3.05) is 31.5 Å². The Morgan fingerprint density at radius 1 is 1.43 bits per heavy atom. The molecule has 1 fully saturated rings. The molecule has 116 valence electrons. The Hall–Kier alpha value is -0.910. The highest BCUT2D eigenvalue weighted by Gasteiger charge is 2.17. The molecule has 1 saturated heterocycles. The second kappa shape index (κ2) is 8.51. The van der Waals surface area contributed by atoms with E-state index in [1.807, 2.05) is 24.3 Å². The zero-order chi connectivity index (χ0) is 15.1. The summed E-state index contributed by atoms with van der Waals surface area (Å²) in [7, 11) is 0. The first-order valence-electron chi connectivity index (χ1n) is 7.69. The fraction of sp³-hybridized carbons (Fsp3) is 0.562. The second-order valence-corrected chi connectivity index (χ2v) is 6.36. The quantitative estimate of drug-likeness (QED) is 0.826. The van der Waals surface area contributed by atoms with Crippen molar-refractivity contribution in [3.05, 3.63) is 28.7 Å². The van der Waals surface area contributed by atoms with Crippen molar-refractivity contribution >= 4 is 27.5 Å². The Morgan fingerprint density at radius 3 is 2.90 bits per heavy atom. The molecule has 1 aromatic rings. The topological polar surface area (TPSA) is 44.4 Å². The summed E-state index contributed by atoms with van der Waals surface area (Å²) >= 11 is 3.45. The fourth-order valence-electron chi connectivity index (χ4n) is 2.65. The molecule has 1 amide bonds. The number of para-hydroxylation sites is 1. The predicted octanol–water partition coefficient (Wildman–Crippen LogP) is 2.85. The number of nitrogens with zero attached hydrogens (tertiary/aromatic N) is 1. The van der Waals surface area contributed by atoms with Gasteiger partial charge in [0.15, 0.2) is 0 Å². The summed E-state index contributed by atoms with van der Waals surface area (Å²) in [5.41, 5.74) is 0.828. The van der Waals surface area contributed by atoms with Crippen LogP contribution in [0, 0.1) is 0 Å². The van der Waals surface area contributed by atoms with Crippen LogP contribution in [0.4, 0.5) is 5.69 Å². The lowest BCUT2D eigenvalue weighted by molar-refractivity contribution is -0.117. The molecule has 21 heavy (non-hydrogen) atoms. The Morgan fingerprint density at radius 2 is 2.24 bits per heavy atom. The minimum atomic E-state index is 0.0413. The van der Waals surface area contributed by atoms with Crippen LogP contribution in [0.15, 0.2) is 28.7 Å². The van der Waals surface area contributed by atoms with Gasteiger partial charge in [0.1, 0.15) is 0 Å². The first-order valence-corrected chi connectivity index (χ1v) is 8.48. The number of benzene rings is 1. The van der Waals surface area contributed by atoms with Crippen LogP contribution in [0.25, 0.3) is 0 Å². The summed E-state index contributed by atoms with van der Waals surface area (Å²) < 4.78 is 0.912. The second-order valence-electron chi connectivity index (χ2n) is 5.50. The van der Waals surface area contributed by atoms with E-state index in [2.05, 4.69) is 38.4 Å². The maximum atomic E-state index is 12.2. The molecule has 0 spiro atoms. The van der Waals surface area contributed by atoms with Crippen LogP contribution in [0.1, 0.15) is 26.2 Å². The third kappa shape index (κ3) is 5.41. The molecule has 0 aliphatic carbocycles. The Bertz CT molecular complexity index is 461. The minimum Gasteiger partial charge on any atom is -0.324 e. The van der Waals surface area contributed by atoms with Gasteiger partial charge in [-0.3, -0.25) is 9.69 Å². The van der Waals surface area contributed by atoms with Gasteiger partial charge < -0.3 is 10.6 Å². The maximum absolute atomic E-state index is 12.2. The van der Waals surface area contributed by atoms with Gasteiger partial charge in [0.2, 0.25) is 5.91 Å². The highest BCUT2D eigenvalue weighted by molar-refractivity contribution is 9.10. The smallest absolute Gasteiger partial charge is 0.238 e. The van der Waals surface area contributed by atoms with Crippen LogP contribution in [-0.4, -0.2) is 43.0 Å². The molecule has 1 heterocycles. The summed E-state index contributed by atoms with van der Waals surface area (Å²) in [4.78, 5) is 14.4. The number of anilines is 1. The zero-order valence-electron chi connectivity index (χ0n) is 12.6. The van der Waals surface area contributed by atoms with Gasteiger partial charge in [0.25, 0.3) is 0 Å². The van der Waals surface area contributed by atoms with Crippen molar-refractivity contribution in [1.82, 2.24) is 10.2 Å². The molecule has 1 aliphatic rings. The van der Waals surface area contributed by atoms with Gasteiger partial charge in [-0.05, 0) is 54.0 Å². The van der Waals surface area contributed by atoms with Gasteiger partial charge in [-0.15, -0.1) is 0 Å². The Kier molecular flexibility index (Phi) is 6.67. The highest BCUT2D eigenvalue weighted by Crippen LogP contribution is 2.21. The Balaban J connectivity index is 1.83. The third-order valence-corrected chi connectivity index (χ3v) is 4.54. The molecule has 0 saturated carbocycles. The molecule has 0 bridgehead atoms. The van der Waals surface area contributed by atoms with Gasteiger partial charge in [0, 0.05) is 17.1 Å². The number of hydrogen-bond acceptors (Lipinski definition) is 3. The number of amides is 1. The normalized spacial score (nSPS) is 18.7. The third-order valence-electron chi connectivity index (χ3n) is 3.85. The van der Waals surface area contributed by atoms with Crippen molar-refractivity contribution in [3.63, 3.8) is 0 Å². The predicted molar refractivity (Wildman–Crippen MR) is 90.5 cm³/mol. The fourth-order valence-corrected chi connectivity index (χ4v) is 3.04. The number of rotatable bonds is 6. The van der Waals surface area contributed by atoms with Crippen molar-refractivity contribution in [2.24, 2.45) is 0 Å². The lowest BCUT2D eigenvalue weighted by Gasteiger charge is -2.29. The van der Waals surface area contributed by atoms with E-state index in [9.17, 15) is 4.79 Å². The summed E-state index contributed by atoms with van der Waals surface area (Å²) in [5.74, 6) is 0.0413. The van der Waals surface area contributed by atoms with E-state index in [4.69, 9.17) is 0 Å². The largest absolute Gasteiger partial charge is 0.324 e. The number of likely N-dealkylation sites (N-methyl/N-ethyl adjacent to an activating group) is 1. The molecule has 1 unspecified atom stereocenters. The van der Waals surface area contributed by atoms with Crippen LogP contribution in [0.5, 0.6) is 0 Å². The Labute approximate surface area is 135 Å². The number of hydrogen-bond donors (Lipinski definition) is 2. The SMILES string of the molecule is CCN(CC(=O)Nc1ccccc1Br)CC1CCCCN1. The van der Waals surface area contributed by atoms with Gasteiger partial charge in [-0.2, -0.15) is 0 Å². The monoisotopic (exact) mass is 353 g/mol. The molecular weight excluding hydrogens is 330 g/mol. The van der Waals surface area contributed by atoms with Crippen molar-refractivity contribution < 1.29 is 4.79 Å². The molecule has 1 atom stereocenters. The maximum Gasteiger partial charge on any atom is 0.238 e. The average Bonchev–Trinajstić information content (AvgIpc) is 2.50. The van der Waals surface area contributed by atoms with E-state index in [0.717, 1.165) is 29.8 Å². The molecule has 1 aromatic carbocycles. The van der Waals surface area contributed by atoms with Crippen molar-refractivity contribution in [1.29, 1.82) is 0 Å². The molecule has 4 nitrogen and oxygen atoms in total. The minimum absolute atomic E-state index is 0.0413. The van der Waals surface area contributed by atoms with Gasteiger partial charge in [0.05, 0.1) is 12.2 Å². The molecule has 2 rings (SSSR count). The van der Waals surface area contributed by atoms with Crippen molar-refractivity contribution in [3.8, 4) is 0 Å². The van der Waals surface area contributed by atoms with Gasteiger partial charge in [-0.25, -0.2) is 0 Å². The van der Waals surface area contributed by atoms with Crippen LogP contribution in [0.2, 0.25) is 0 Å². The van der Waals surface area contributed by atoms with Crippen LogP contribution < -0.4 is 10.6 Å². The summed E-state index contributed by atoms with van der Waals surface area (Å²) in [6, 6.07) is 8.21. The van der Waals surface area contributed by atoms with Crippen LogP contribution in [-0.2, 0) is 4.79 Å². The lowest BCUT2D eigenvalue weighted by atomic mass is 10.0. The molecule has 5 heteroatoms. The first-order chi connectivity index (χ1) is 10.2. The number of carbonyl (C=O) groups is 1. The number of carbonyl (C=O) groups excluding carboxylic acids is 1. The van der Waals surface area contributed by atoms with E-state index in [-0.39, 0.29) is 5.91 Å². The van der Waals surface area contributed by atoms with Crippen molar-refractivity contribution in [2.45, 2.75) is 32.2 Å². The molecular formula is C16H24BrN3O. The number of nitrogens with one attached hydrogen (secondary N) is 2. The van der Waals surface area contributed by atoms with Crippen LogP contribution >= 0.6 is 15.9 Å². The number of piperidine rings is 1. The van der Waals surface area contributed by atoms with Crippen LogP contribution in [0.3, 0.4) is 0 Å². The standard InChI is InChI=1S/C16H24BrN3O/c1-2-20(11-13-7-5-6-10-18-13)12-16(21)19-15-9-4-3-8-14(15)17/h3-4,8-9,13,18H,2,5-7,10-12H2,1H3,(H,19,21). The van der Waals surface area contributed by atoms with E-state index >= 15 is 0 Å². The van der Waals surface area contributed by atoms with E-state index < -0.39 is 0 Å². The zero-order valence-corrected chi connectivity index (χ0v) is 14.2. The summed E-state index contributed by atoms with van der Waals surface area (Å²) in [6.07, 6.45) is 3.77. The molecule has 0 radical (unpaired) electrons. The van der Waals surface area contributed by atoms with E-state index in [1.165, 1.54) is 19.3 Å². The van der Waals surface area contributed by atoms with E-state index in [0.29, 0.717) is 12.6 Å². The van der Waals surface area contributed by atoms with E-state index in [1.54, 1.807) is 0 Å². The summed E-state index contributed by atoms with van der Waals surface area (Å²) in [6.45, 7) is 5.48. The molecule has 2 N–H and O–H groups in total.